The molecule has 1 aliphatic heterocycles. The van der Waals surface area contributed by atoms with Crippen molar-refractivity contribution in [3.63, 3.8) is 0 Å². The Morgan fingerprint density at radius 3 is 2.10 bits per heavy atom. The Labute approximate surface area is 116 Å². The Morgan fingerprint density at radius 2 is 1.65 bits per heavy atom. The quantitative estimate of drug-likeness (QED) is 0.927. The average Bonchev–Trinajstić information content (AvgIpc) is 2.68. The minimum atomic E-state index is -4.50. The highest BCUT2D eigenvalue weighted by molar-refractivity contribution is 5.13. The summed E-state index contributed by atoms with van der Waals surface area (Å²) >= 11 is 0. The number of aromatic nitrogens is 2. The minimum Gasteiger partial charge on any atom is -0.329 e. The zero-order chi connectivity index (χ0) is 14.6. The van der Waals surface area contributed by atoms with Crippen molar-refractivity contribution >= 4 is 0 Å². The molecule has 0 bridgehead atoms. The van der Waals surface area contributed by atoms with Crippen molar-refractivity contribution in [3.8, 4) is 0 Å². The predicted molar refractivity (Wildman–Crippen MR) is 68.9 cm³/mol. The van der Waals surface area contributed by atoms with Crippen LogP contribution in [-0.4, -0.2) is 34.5 Å². The first-order valence-corrected chi connectivity index (χ1v) is 6.85. The maximum atomic E-state index is 12.5. The van der Waals surface area contributed by atoms with Crippen LogP contribution in [0, 0.1) is 0 Å². The molecular formula is C13H19F3N4. The molecule has 2 N–H and O–H groups in total. The molecule has 1 unspecified atom stereocenters. The Kier molecular flexibility index (Phi) is 4.93. The van der Waals surface area contributed by atoms with Gasteiger partial charge in [0.2, 0.25) is 5.82 Å². The summed E-state index contributed by atoms with van der Waals surface area (Å²) in [7, 11) is 0. The molecule has 1 aromatic heterocycles. The van der Waals surface area contributed by atoms with Gasteiger partial charge in [-0.2, -0.15) is 13.2 Å². The lowest BCUT2D eigenvalue weighted by molar-refractivity contribution is -0.145. The molecule has 0 saturated carbocycles. The summed E-state index contributed by atoms with van der Waals surface area (Å²) in [6.45, 7) is 2.19. The normalized spacial score (nSPS) is 19.6. The Balaban J connectivity index is 2.14. The molecule has 1 aliphatic rings. The third-order valence-electron chi connectivity index (χ3n) is 3.61. The maximum Gasteiger partial charge on any atom is 0.451 e. The summed E-state index contributed by atoms with van der Waals surface area (Å²) in [5.74, 6) is -1.10. The van der Waals surface area contributed by atoms with Crippen LogP contribution in [-0.2, 0) is 6.18 Å². The molecule has 0 spiro atoms. The molecule has 1 fully saturated rings. The molecule has 0 radical (unpaired) electrons. The molecule has 0 amide bonds. The lowest BCUT2D eigenvalue weighted by Crippen LogP contribution is -2.34. The topological polar surface area (TPSA) is 55.0 Å². The lowest BCUT2D eigenvalue weighted by Gasteiger charge is -2.29. The fourth-order valence-corrected chi connectivity index (χ4v) is 2.56. The summed E-state index contributed by atoms with van der Waals surface area (Å²) < 4.78 is 37.4. The Hall–Kier alpha value is -1.21. The van der Waals surface area contributed by atoms with Crippen LogP contribution in [0.3, 0.4) is 0 Å². The van der Waals surface area contributed by atoms with Gasteiger partial charge < -0.3 is 5.73 Å². The molecule has 20 heavy (non-hydrogen) atoms. The van der Waals surface area contributed by atoms with Crippen LogP contribution in [0.15, 0.2) is 12.4 Å². The number of halogens is 3. The highest BCUT2D eigenvalue weighted by Gasteiger charge is 2.34. The largest absolute Gasteiger partial charge is 0.451 e. The third kappa shape index (κ3) is 3.67. The molecule has 4 nitrogen and oxygen atoms in total. The highest BCUT2D eigenvalue weighted by Crippen LogP contribution is 2.27. The first kappa shape index (κ1) is 15.2. The number of rotatable bonds is 3. The maximum absolute atomic E-state index is 12.5. The van der Waals surface area contributed by atoms with E-state index in [1.807, 2.05) is 0 Å². The van der Waals surface area contributed by atoms with E-state index in [0.29, 0.717) is 12.1 Å². The van der Waals surface area contributed by atoms with Gasteiger partial charge in [-0.25, -0.2) is 9.97 Å². The lowest BCUT2D eigenvalue weighted by atomic mass is 10.1. The Morgan fingerprint density at radius 1 is 1.10 bits per heavy atom. The number of nitrogens with zero attached hydrogens (tertiary/aromatic N) is 3. The smallest absolute Gasteiger partial charge is 0.329 e. The molecule has 2 heterocycles. The van der Waals surface area contributed by atoms with Gasteiger partial charge in [-0.3, -0.25) is 4.90 Å². The Bertz CT molecular complexity index is 411. The molecule has 2 rings (SSSR count). The van der Waals surface area contributed by atoms with Crippen LogP contribution in [0.4, 0.5) is 13.2 Å². The summed E-state index contributed by atoms with van der Waals surface area (Å²) in [5, 5.41) is 0. The third-order valence-corrected chi connectivity index (χ3v) is 3.61. The van der Waals surface area contributed by atoms with Crippen molar-refractivity contribution in [2.24, 2.45) is 5.73 Å². The average molecular weight is 288 g/mol. The second-order valence-electron chi connectivity index (χ2n) is 5.04. The molecule has 0 aromatic carbocycles. The molecular weight excluding hydrogens is 269 g/mol. The van der Waals surface area contributed by atoms with Gasteiger partial charge in [0.15, 0.2) is 0 Å². The van der Waals surface area contributed by atoms with Crippen LogP contribution in [0.5, 0.6) is 0 Å². The van der Waals surface area contributed by atoms with E-state index < -0.39 is 12.0 Å². The van der Waals surface area contributed by atoms with E-state index in [-0.39, 0.29) is 6.04 Å². The summed E-state index contributed by atoms with van der Waals surface area (Å²) in [6.07, 6.45) is 2.57. The standard InChI is InChI=1S/C13H19F3N4/c14-13(15,16)12-18-8-10(9-19-12)11(7-17)20-5-3-1-2-4-6-20/h8-9,11H,1-7,17H2. The highest BCUT2D eigenvalue weighted by atomic mass is 19.4. The zero-order valence-electron chi connectivity index (χ0n) is 11.2. The molecule has 1 saturated heterocycles. The van der Waals surface area contributed by atoms with Crippen molar-refractivity contribution < 1.29 is 13.2 Å². The van der Waals surface area contributed by atoms with Crippen molar-refractivity contribution in [2.75, 3.05) is 19.6 Å². The number of hydrogen-bond acceptors (Lipinski definition) is 4. The summed E-state index contributed by atoms with van der Waals surface area (Å²) in [5.41, 5.74) is 6.45. The van der Waals surface area contributed by atoms with Gasteiger partial charge >= 0.3 is 6.18 Å². The van der Waals surface area contributed by atoms with Gasteiger partial charge in [0.25, 0.3) is 0 Å². The van der Waals surface area contributed by atoms with Crippen LogP contribution >= 0.6 is 0 Å². The van der Waals surface area contributed by atoms with E-state index in [0.717, 1.165) is 25.9 Å². The van der Waals surface area contributed by atoms with Crippen LogP contribution in [0.2, 0.25) is 0 Å². The van der Waals surface area contributed by atoms with Gasteiger partial charge in [-0.05, 0) is 25.9 Å². The van der Waals surface area contributed by atoms with Gasteiger partial charge in [-0.15, -0.1) is 0 Å². The minimum absolute atomic E-state index is 0.101. The van der Waals surface area contributed by atoms with Gasteiger partial charge in [-0.1, -0.05) is 12.8 Å². The van der Waals surface area contributed by atoms with E-state index in [4.69, 9.17) is 5.73 Å². The number of nitrogens with two attached hydrogens (primary N) is 1. The molecule has 1 atom stereocenters. The number of likely N-dealkylation sites (tertiary alicyclic amines) is 1. The predicted octanol–water partition coefficient (Wildman–Crippen LogP) is 2.37. The second-order valence-corrected chi connectivity index (χ2v) is 5.04. The molecule has 7 heteroatoms. The molecule has 0 aliphatic carbocycles. The van der Waals surface area contributed by atoms with E-state index in [9.17, 15) is 13.2 Å². The van der Waals surface area contributed by atoms with Crippen LogP contribution < -0.4 is 5.73 Å². The van der Waals surface area contributed by atoms with Crippen molar-refractivity contribution in [1.29, 1.82) is 0 Å². The van der Waals surface area contributed by atoms with Crippen molar-refractivity contribution in [1.82, 2.24) is 14.9 Å². The second kappa shape index (κ2) is 6.49. The van der Waals surface area contributed by atoms with Crippen LogP contribution in [0.1, 0.15) is 43.1 Å². The molecule has 1 aromatic rings. The SMILES string of the molecule is NCC(c1cnc(C(F)(F)F)nc1)N1CCCCCC1. The van der Waals surface area contributed by atoms with Crippen LogP contribution in [0.25, 0.3) is 0 Å². The number of alkyl halides is 3. The van der Waals surface area contributed by atoms with E-state index in [1.54, 1.807) is 0 Å². The van der Waals surface area contributed by atoms with Crippen molar-refractivity contribution in [3.05, 3.63) is 23.8 Å². The fourth-order valence-electron chi connectivity index (χ4n) is 2.56. The van der Waals surface area contributed by atoms with E-state index in [2.05, 4.69) is 14.9 Å². The first-order chi connectivity index (χ1) is 9.52. The van der Waals surface area contributed by atoms with E-state index in [1.165, 1.54) is 25.2 Å². The van der Waals surface area contributed by atoms with Gasteiger partial charge in [0.05, 0.1) is 6.04 Å². The summed E-state index contributed by atoms with van der Waals surface area (Å²) in [6, 6.07) is -0.101. The van der Waals surface area contributed by atoms with Gasteiger partial charge in [0.1, 0.15) is 0 Å². The summed E-state index contributed by atoms with van der Waals surface area (Å²) in [4.78, 5) is 9.06. The number of hydrogen-bond donors (Lipinski definition) is 1. The molecule has 112 valence electrons. The zero-order valence-corrected chi connectivity index (χ0v) is 11.2. The first-order valence-electron chi connectivity index (χ1n) is 6.85. The fraction of sp³-hybridized carbons (Fsp3) is 0.692. The van der Waals surface area contributed by atoms with Gasteiger partial charge in [0, 0.05) is 24.5 Å². The monoisotopic (exact) mass is 288 g/mol. The van der Waals surface area contributed by atoms with Crippen molar-refractivity contribution in [2.45, 2.75) is 37.9 Å². The van der Waals surface area contributed by atoms with E-state index >= 15 is 0 Å².